The zero-order valence-electron chi connectivity index (χ0n) is 21.5. The van der Waals surface area contributed by atoms with Gasteiger partial charge in [-0.3, -0.25) is 0 Å². The third-order valence-corrected chi connectivity index (χ3v) is 6.15. The third-order valence-electron chi connectivity index (χ3n) is 6.15. The first-order valence-corrected chi connectivity index (χ1v) is 12.3. The zero-order valence-corrected chi connectivity index (χ0v) is 23.9. The van der Waals surface area contributed by atoms with Crippen molar-refractivity contribution in [2.45, 2.75) is 66.1 Å². The van der Waals surface area contributed by atoms with E-state index in [1.807, 2.05) is 12.1 Å². The van der Waals surface area contributed by atoms with Crippen LogP contribution < -0.4 is 20.1 Å². The van der Waals surface area contributed by atoms with Crippen molar-refractivity contribution in [3.05, 3.63) is 23.8 Å². The van der Waals surface area contributed by atoms with Crippen LogP contribution in [0.5, 0.6) is 11.5 Å². The lowest BCUT2D eigenvalue weighted by molar-refractivity contribution is 0.167. The Morgan fingerprint density at radius 2 is 1.85 bits per heavy atom. The lowest BCUT2D eigenvalue weighted by atomic mass is 10.0. The molecule has 0 radical (unpaired) electrons. The minimum absolute atomic E-state index is 0. The largest absolute Gasteiger partial charge is 0.493 e. The molecule has 0 aromatic heterocycles. The number of likely N-dealkylation sites (tertiary alicyclic amines) is 1. The molecule has 190 valence electrons. The van der Waals surface area contributed by atoms with E-state index in [1.54, 1.807) is 7.11 Å². The van der Waals surface area contributed by atoms with Gasteiger partial charge in [0, 0.05) is 38.3 Å². The number of ether oxygens (including phenoxy) is 2. The highest BCUT2D eigenvalue weighted by molar-refractivity contribution is 14.0. The van der Waals surface area contributed by atoms with E-state index in [0.29, 0.717) is 25.2 Å². The number of nitrogens with zero attached hydrogens (tertiary/aromatic N) is 3. The second kappa shape index (κ2) is 16.4. The van der Waals surface area contributed by atoms with Gasteiger partial charge in [-0.05, 0) is 64.4 Å². The predicted molar refractivity (Wildman–Crippen MR) is 149 cm³/mol. The van der Waals surface area contributed by atoms with E-state index >= 15 is 0 Å². The normalized spacial score (nSPS) is 15.5. The fraction of sp³-hybridized carbons (Fsp3) is 0.720. The summed E-state index contributed by atoms with van der Waals surface area (Å²) in [5.74, 6) is 2.43. The maximum Gasteiger partial charge on any atom is 0.191 e. The highest BCUT2D eigenvalue weighted by atomic mass is 127. The molecular formula is C25H46IN5O2. The van der Waals surface area contributed by atoms with Gasteiger partial charge in [0.25, 0.3) is 0 Å². The molecule has 8 heteroatoms. The summed E-state index contributed by atoms with van der Waals surface area (Å²) in [5.41, 5.74) is 1.10. The average Bonchev–Trinajstić information content (AvgIpc) is 2.81. The number of rotatable bonds is 12. The van der Waals surface area contributed by atoms with Crippen molar-refractivity contribution >= 4 is 29.9 Å². The van der Waals surface area contributed by atoms with Crippen LogP contribution in [0.3, 0.4) is 0 Å². The fourth-order valence-electron chi connectivity index (χ4n) is 4.00. The molecule has 1 saturated heterocycles. The van der Waals surface area contributed by atoms with Gasteiger partial charge in [0.15, 0.2) is 17.5 Å². The Kier molecular flexibility index (Phi) is 14.8. The zero-order chi connectivity index (χ0) is 23.3. The van der Waals surface area contributed by atoms with Crippen LogP contribution in [-0.2, 0) is 6.54 Å². The highest BCUT2D eigenvalue weighted by Crippen LogP contribution is 2.28. The first-order valence-electron chi connectivity index (χ1n) is 12.3. The van der Waals surface area contributed by atoms with Gasteiger partial charge in [-0.1, -0.05) is 19.9 Å². The smallest absolute Gasteiger partial charge is 0.191 e. The second-order valence-electron chi connectivity index (χ2n) is 8.60. The molecule has 1 aliphatic rings. The van der Waals surface area contributed by atoms with Crippen molar-refractivity contribution < 1.29 is 9.47 Å². The Balaban J connectivity index is 0.00000544. The number of benzene rings is 1. The van der Waals surface area contributed by atoms with Crippen LogP contribution in [-0.4, -0.2) is 80.8 Å². The van der Waals surface area contributed by atoms with E-state index < -0.39 is 0 Å². The van der Waals surface area contributed by atoms with Gasteiger partial charge in [0.1, 0.15) is 6.61 Å². The van der Waals surface area contributed by atoms with Gasteiger partial charge < -0.3 is 29.9 Å². The molecule has 1 aromatic rings. The Morgan fingerprint density at radius 1 is 1.15 bits per heavy atom. The minimum atomic E-state index is 0. The van der Waals surface area contributed by atoms with Crippen LogP contribution in [0.4, 0.5) is 0 Å². The lowest BCUT2D eigenvalue weighted by Gasteiger charge is -2.35. The number of likely N-dealkylation sites (N-methyl/N-ethyl adjacent to an activating group) is 1. The summed E-state index contributed by atoms with van der Waals surface area (Å²) in [7, 11) is 1.69. The molecule has 0 unspecified atom stereocenters. The number of halogens is 1. The number of nitrogens with one attached hydrogen (secondary N) is 2. The molecule has 1 aromatic carbocycles. The van der Waals surface area contributed by atoms with Crippen molar-refractivity contribution in [1.29, 1.82) is 0 Å². The molecule has 0 amide bonds. The number of aliphatic imine (C=N–C) groups is 1. The molecule has 2 rings (SSSR count). The summed E-state index contributed by atoms with van der Waals surface area (Å²) in [5, 5.41) is 7.02. The van der Waals surface area contributed by atoms with Gasteiger partial charge in [0.05, 0.1) is 13.7 Å². The lowest BCUT2D eigenvalue weighted by Crippen LogP contribution is -2.49. The number of guanidine groups is 1. The van der Waals surface area contributed by atoms with Crippen molar-refractivity contribution in [3.63, 3.8) is 0 Å². The maximum atomic E-state index is 5.98. The van der Waals surface area contributed by atoms with Crippen molar-refractivity contribution in [2.75, 3.05) is 53.0 Å². The predicted octanol–water partition coefficient (Wildman–Crippen LogP) is 3.96. The first-order chi connectivity index (χ1) is 15.5. The van der Waals surface area contributed by atoms with E-state index in [1.165, 1.54) is 0 Å². The van der Waals surface area contributed by atoms with Gasteiger partial charge >= 0.3 is 0 Å². The van der Waals surface area contributed by atoms with E-state index in [9.17, 15) is 0 Å². The Labute approximate surface area is 218 Å². The molecule has 0 saturated carbocycles. The Hall–Kier alpha value is -1.26. The standard InChI is InChI=1S/C25H45N5O2.HI/c1-7-26-25(28-22-12-14-30(15-13-22)20(4)5)27-19-21-10-11-23(24(18-21)31-6)32-17-16-29(8-2)9-3;/h10-11,18,20,22H,7-9,12-17,19H2,1-6H3,(H2,26,27,28);1H. The molecule has 0 atom stereocenters. The van der Waals surface area contributed by atoms with E-state index in [0.717, 1.165) is 75.1 Å². The topological polar surface area (TPSA) is 61.4 Å². The molecule has 7 nitrogen and oxygen atoms in total. The summed E-state index contributed by atoms with van der Waals surface area (Å²) in [6.07, 6.45) is 2.30. The number of hydrogen-bond donors (Lipinski definition) is 2. The SMILES string of the molecule is CCNC(=NCc1ccc(OCCN(CC)CC)c(OC)c1)NC1CCN(C(C)C)CC1.I. The number of hydrogen-bond acceptors (Lipinski definition) is 5. The van der Waals surface area contributed by atoms with Gasteiger partial charge in [-0.15, -0.1) is 24.0 Å². The number of piperidine rings is 1. The molecule has 33 heavy (non-hydrogen) atoms. The van der Waals surface area contributed by atoms with Crippen molar-refractivity contribution in [2.24, 2.45) is 4.99 Å². The molecule has 0 aliphatic carbocycles. The van der Waals surface area contributed by atoms with Crippen LogP contribution >= 0.6 is 24.0 Å². The third kappa shape index (κ3) is 10.3. The molecule has 1 fully saturated rings. The highest BCUT2D eigenvalue weighted by Gasteiger charge is 2.21. The fourth-order valence-corrected chi connectivity index (χ4v) is 4.00. The molecule has 1 heterocycles. The summed E-state index contributed by atoms with van der Waals surface area (Å²) in [6, 6.07) is 7.19. The maximum absolute atomic E-state index is 5.98. The summed E-state index contributed by atoms with van der Waals surface area (Å²) >= 11 is 0. The van der Waals surface area contributed by atoms with Crippen LogP contribution in [0.15, 0.2) is 23.2 Å². The van der Waals surface area contributed by atoms with E-state index in [-0.39, 0.29) is 24.0 Å². The van der Waals surface area contributed by atoms with Gasteiger partial charge in [0.2, 0.25) is 0 Å². The van der Waals surface area contributed by atoms with Crippen LogP contribution in [0.2, 0.25) is 0 Å². The molecular weight excluding hydrogens is 529 g/mol. The van der Waals surface area contributed by atoms with Gasteiger partial charge in [-0.25, -0.2) is 4.99 Å². The average molecular weight is 576 g/mol. The van der Waals surface area contributed by atoms with Gasteiger partial charge in [-0.2, -0.15) is 0 Å². The van der Waals surface area contributed by atoms with Crippen LogP contribution in [0.25, 0.3) is 0 Å². The summed E-state index contributed by atoms with van der Waals surface area (Å²) in [4.78, 5) is 9.71. The second-order valence-corrected chi connectivity index (χ2v) is 8.60. The number of methoxy groups -OCH3 is 1. The Bertz CT molecular complexity index is 689. The Morgan fingerprint density at radius 3 is 2.42 bits per heavy atom. The monoisotopic (exact) mass is 575 g/mol. The minimum Gasteiger partial charge on any atom is -0.493 e. The van der Waals surface area contributed by atoms with E-state index in [4.69, 9.17) is 14.5 Å². The summed E-state index contributed by atoms with van der Waals surface area (Å²) < 4.78 is 11.6. The van der Waals surface area contributed by atoms with Crippen molar-refractivity contribution in [3.8, 4) is 11.5 Å². The van der Waals surface area contributed by atoms with Crippen molar-refractivity contribution in [1.82, 2.24) is 20.4 Å². The van der Waals surface area contributed by atoms with Crippen LogP contribution in [0.1, 0.15) is 53.0 Å². The quantitative estimate of drug-likeness (QED) is 0.224. The molecule has 2 N–H and O–H groups in total. The first kappa shape index (κ1) is 29.8. The molecule has 1 aliphatic heterocycles. The molecule has 0 bridgehead atoms. The van der Waals surface area contributed by atoms with Crippen LogP contribution in [0, 0.1) is 0 Å². The molecule has 0 spiro atoms. The van der Waals surface area contributed by atoms with E-state index in [2.05, 4.69) is 61.1 Å². The summed E-state index contributed by atoms with van der Waals surface area (Å²) in [6.45, 7) is 18.3.